The number of ketones is 1. The van der Waals surface area contributed by atoms with Crippen molar-refractivity contribution in [1.82, 2.24) is 4.57 Å². The molecular formula is C25H28FNO3. The largest absolute Gasteiger partial charge is 0.393 e. The summed E-state index contributed by atoms with van der Waals surface area (Å²) < 4.78 is 15.7. The fourth-order valence-electron chi connectivity index (χ4n) is 3.90. The lowest BCUT2D eigenvalue weighted by Gasteiger charge is -2.15. The third-order valence-corrected chi connectivity index (χ3v) is 5.11. The Morgan fingerprint density at radius 2 is 1.77 bits per heavy atom. The third-order valence-electron chi connectivity index (χ3n) is 5.11. The van der Waals surface area contributed by atoms with Gasteiger partial charge in [0.05, 0.1) is 12.2 Å². The van der Waals surface area contributed by atoms with Gasteiger partial charge >= 0.3 is 0 Å². The number of para-hydroxylation sites is 1. The molecule has 2 aromatic carbocycles. The number of Topliss-reactive ketones (excluding diaryl/α,β-unsaturated/α-hetero) is 1. The van der Waals surface area contributed by atoms with Crippen LogP contribution in [0.15, 0.2) is 54.6 Å². The van der Waals surface area contributed by atoms with Gasteiger partial charge in [-0.15, -0.1) is 0 Å². The summed E-state index contributed by atoms with van der Waals surface area (Å²) in [6.45, 7) is 5.60. The van der Waals surface area contributed by atoms with E-state index >= 15 is 0 Å². The van der Waals surface area contributed by atoms with Crippen molar-refractivity contribution >= 4 is 22.8 Å². The van der Waals surface area contributed by atoms with E-state index in [0.29, 0.717) is 0 Å². The number of carbonyl (C=O) groups is 1. The van der Waals surface area contributed by atoms with Gasteiger partial charge in [0.25, 0.3) is 0 Å². The highest BCUT2D eigenvalue weighted by molar-refractivity contribution is 6.01. The molecule has 2 atom stereocenters. The number of hydrogen-bond donors (Lipinski definition) is 2. The molecule has 4 nitrogen and oxygen atoms in total. The van der Waals surface area contributed by atoms with Crippen LogP contribution in [0.3, 0.4) is 0 Å². The summed E-state index contributed by atoms with van der Waals surface area (Å²) in [6.07, 6.45) is 1.84. The number of halogens is 1. The van der Waals surface area contributed by atoms with Gasteiger partial charge in [-0.2, -0.15) is 0 Å². The second-order valence-corrected chi connectivity index (χ2v) is 7.97. The number of benzene rings is 2. The van der Waals surface area contributed by atoms with Gasteiger partial charge in [-0.25, -0.2) is 4.39 Å². The van der Waals surface area contributed by atoms with Crippen LogP contribution in [-0.2, 0) is 4.79 Å². The van der Waals surface area contributed by atoms with Crippen molar-refractivity contribution in [2.45, 2.75) is 51.9 Å². The first kappa shape index (κ1) is 21.9. The first-order chi connectivity index (χ1) is 14.3. The van der Waals surface area contributed by atoms with Crippen molar-refractivity contribution in [2.75, 3.05) is 0 Å². The number of aromatic nitrogens is 1. The molecule has 30 heavy (non-hydrogen) atoms. The lowest BCUT2D eigenvalue weighted by atomic mass is 10.0. The smallest absolute Gasteiger partial charge is 0.132 e. The summed E-state index contributed by atoms with van der Waals surface area (Å²) >= 11 is 0. The van der Waals surface area contributed by atoms with Gasteiger partial charge < -0.3 is 14.8 Å². The van der Waals surface area contributed by atoms with E-state index in [9.17, 15) is 19.4 Å². The van der Waals surface area contributed by atoms with Crippen molar-refractivity contribution in [3.8, 4) is 11.1 Å². The average Bonchev–Trinajstić information content (AvgIpc) is 3.00. The Bertz CT molecular complexity index is 1050. The molecule has 0 bridgehead atoms. The molecule has 1 heterocycles. The van der Waals surface area contributed by atoms with Crippen LogP contribution >= 0.6 is 0 Å². The molecular weight excluding hydrogens is 381 g/mol. The molecule has 0 saturated heterocycles. The number of fused-ring (bicyclic) bond motifs is 1. The van der Waals surface area contributed by atoms with Gasteiger partial charge in [0.1, 0.15) is 11.6 Å². The van der Waals surface area contributed by atoms with Gasteiger partial charge in [0.2, 0.25) is 0 Å². The summed E-state index contributed by atoms with van der Waals surface area (Å²) in [7, 11) is 0. The minimum absolute atomic E-state index is 0.0258. The molecule has 0 spiro atoms. The summed E-state index contributed by atoms with van der Waals surface area (Å²) in [5.74, 6) is -0.407. The maximum atomic E-state index is 13.5. The molecule has 158 valence electrons. The van der Waals surface area contributed by atoms with Crippen molar-refractivity contribution < 1.29 is 19.4 Å². The highest BCUT2D eigenvalue weighted by atomic mass is 19.1. The fraction of sp³-hybridized carbons (Fsp3) is 0.320. The molecule has 2 unspecified atom stereocenters. The quantitative estimate of drug-likeness (QED) is 0.542. The fourth-order valence-corrected chi connectivity index (χ4v) is 3.90. The summed E-state index contributed by atoms with van der Waals surface area (Å²) in [5.41, 5.74) is 3.81. The van der Waals surface area contributed by atoms with Crippen LogP contribution in [0, 0.1) is 5.82 Å². The van der Waals surface area contributed by atoms with Crippen molar-refractivity contribution in [2.24, 2.45) is 0 Å². The lowest BCUT2D eigenvalue weighted by molar-refractivity contribution is -0.119. The Balaban J connectivity index is 2.08. The van der Waals surface area contributed by atoms with E-state index in [0.717, 1.165) is 27.7 Å². The monoisotopic (exact) mass is 409 g/mol. The number of nitrogens with zero attached hydrogens (tertiary/aromatic N) is 1. The highest BCUT2D eigenvalue weighted by Crippen LogP contribution is 2.38. The summed E-state index contributed by atoms with van der Waals surface area (Å²) in [5, 5.41) is 21.4. The molecule has 0 radical (unpaired) electrons. The van der Waals surface area contributed by atoms with Gasteiger partial charge in [0, 0.05) is 41.0 Å². The van der Waals surface area contributed by atoms with Gasteiger partial charge in [-0.3, -0.25) is 4.79 Å². The Kier molecular flexibility index (Phi) is 6.85. The first-order valence-corrected chi connectivity index (χ1v) is 10.2. The Morgan fingerprint density at radius 1 is 1.10 bits per heavy atom. The zero-order valence-electron chi connectivity index (χ0n) is 17.5. The molecule has 0 saturated carbocycles. The van der Waals surface area contributed by atoms with E-state index in [-0.39, 0.29) is 30.5 Å². The van der Waals surface area contributed by atoms with E-state index < -0.39 is 12.2 Å². The Morgan fingerprint density at radius 3 is 2.40 bits per heavy atom. The molecule has 3 aromatic rings. The first-order valence-electron chi connectivity index (χ1n) is 10.2. The molecule has 2 N–H and O–H groups in total. The normalized spacial score (nSPS) is 14.0. The number of aliphatic hydroxyl groups excluding tert-OH is 2. The van der Waals surface area contributed by atoms with E-state index in [1.54, 1.807) is 18.2 Å². The second-order valence-electron chi connectivity index (χ2n) is 7.97. The molecule has 0 fully saturated rings. The minimum atomic E-state index is -0.890. The van der Waals surface area contributed by atoms with Crippen LogP contribution in [0.1, 0.15) is 45.3 Å². The molecule has 0 aliphatic rings. The van der Waals surface area contributed by atoms with E-state index in [1.807, 2.05) is 30.3 Å². The maximum Gasteiger partial charge on any atom is 0.132 e. The highest BCUT2D eigenvalue weighted by Gasteiger charge is 2.19. The van der Waals surface area contributed by atoms with Crippen molar-refractivity contribution in [3.63, 3.8) is 0 Å². The predicted molar refractivity (Wildman–Crippen MR) is 119 cm³/mol. The topological polar surface area (TPSA) is 62.5 Å². The van der Waals surface area contributed by atoms with Crippen LogP contribution in [0.25, 0.3) is 28.1 Å². The second kappa shape index (κ2) is 9.37. The average molecular weight is 410 g/mol. The van der Waals surface area contributed by atoms with Crippen LogP contribution < -0.4 is 0 Å². The number of hydrogen-bond acceptors (Lipinski definition) is 3. The van der Waals surface area contributed by atoms with Crippen LogP contribution in [0.5, 0.6) is 0 Å². The van der Waals surface area contributed by atoms with Crippen LogP contribution in [0.4, 0.5) is 4.39 Å². The predicted octanol–water partition coefficient (Wildman–Crippen LogP) is 5.13. The molecule has 5 heteroatoms. The van der Waals surface area contributed by atoms with E-state index in [1.165, 1.54) is 19.1 Å². The Labute approximate surface area is 176 Å². The molecule has 1 aromatic heterocycles. The molecule has 0 amide bonds. The molecule has 3 rings (SSSR count). The minimum Gasteiger partial charge on any atom is -0.393 e. The van der Waals surface area contributed by atoms with Crippen molar-refractivity contribution in [1.29, 1.82) is 0 Å². The number of rotatable bonds is 8. The van der Waals surface area contributed by atoms with Crippen LogP contribution in [-0.4, -0.2) is 32.8 Å². The van der Waals surface area contributed by atoms with Gasteiger partial charge in [-0.1, -0.05) is 36.4 Å². The molecule has 0 aliphatic heterocycles. The van der Waals surface area contributed by atoms with E-state index in [4.69, 9.17) is 0 Å². The third kappa shape index (κ3) is 4.86. The van der Waals surface area contributed by atoms with Gasteiger partial charge in [-0.05, 0) is 50.6 Å². The maximum absolute atomic E-state index is 13.5. The zero-order chi connectivity index (χ0) is 21.8. The summed E-state index contributed by atoms with van der Waals surface area (Å²) in [4.78, 5) is 11.2. The van der Waals surface area contributed by atoms with Gasteiger partial charge in [0.15, 0.2) is 0 Å². The number of aliphatic hydroxyl groups is 2. The Hall–Kier alpha value is -2.76. The van der Waals surface area contributed by atoms with Crippen LogP contribution in [0.2, 0.25) is 0 Å². The van der Waals surface area contributed by atoms with E-state index in [2.05, 4.69) is 18.4 Å². The standard InChI is InChI=1S/C25H28FNO3/c1-16(2)27-23-7-5-4-6-22(23)25(18-8-10-19(26)11-9-18)24(27)13-12-20(29)15-21(30)14-17(3)28/h4-13,16,20-21,29-30H,14-15H2,1-3H3/b13-12+. The SMILES string of the molecule is CC(=O)CC(O)CC(O)/C=C/c1c(-c2ccc(F)cc2)c2ccccc2n1C(C)C. The molecule has 0 aliphatic carbocycles. The zero-order valence-corrected chi connectivity index (χ0v) is 17.5. The van der Waals surface area contributed by atoms with Crippen molar-refractivity contribution in [3.05, 3.63) is 66.1 Å². The number of carbonyl (C=O) groups excluding carboxylic acids is 1. The lowest BCUT2D eigenvalue weighted by Crippen LogP contribution is -2.18. The summed E-state index contributed by atoms with van der Waals surface area (Å²) in [6, 6.07) is 14.6.